The van der Waals surface area contributed by atoms with E-state index in [2.05, 4.69) is 10.1 Å². The highest BCUT2D eigenvalue weighted by atomic mass is 32.2. The van der Waals surface area contributed by atoms with E-state index < -0.39 is 0 Å². The van der Waals surface area contributed by atoms with E-state index in [0.717, 1.165) is 6.42 Å². The third kappa shape index (κ3) is 2.35. The summed E-state index contributed by atoms with van der Waals surface area (Å²) in [5, 5.41) is 3.75. The van der Waals surface area contributed by atoms with E-state index >= 15 is 0 Å². The molecule has 0 spiro atoms. The Hall–Kier alpha value is -0.840. The SMILES string of the molecule is O=Cc1nc(CC2CCCSC2)no1. The molecule has 1 aromatic rings. The van der Waals surface area contributed by atoms with Crippen molar-refractivity contribution in [3.8, 4) is 0 Å². The molecule has 76 valence electrons. The summed E-state index contributed by atoms with van der Waals surface area (Å²) in [5.41, 5.74) is 0. The molecule has 5 heteroatoms. The van der Waals surface area contributed by atoms with Gasteiger partial charge in [-0.05, 0) is 30.3 Å². The summed E-state index contributed by atoms with van der Waals surface area (Å²) in [6, 6.07) is 0. The van der Waals surface area contributed by atoms with Gasteiger partial charge in [-0.3, -0.25) is 4.79 Å². The average molecular weight is 212 g/mol. The van der Waals surface area contributed by atoms with Crippen molar-refractivity contribution < 1.29 is 9.32 Å². The lowest BCUT2D eigenvalue weighted by Crippen LogP contribution is -2.13. The van der Waals surface area contributed by atoms with Gasteiger partial charge in [-0.15, -0.1) is 0 Å². The molecule has 0 aromatic carbocycles. The van der Waals surface area contributed by atoms with Crippen molar-refractivity contribution >= 4 is 18.0 Å². The lowest BCUT2D eigenvalue weighted by Gasteiger charge is -2.19. The van der Waals surface area contributed by atoms with Crippen LogP contribution in [0.15, 0.2) is 4.52 Å². The minimum absolute atomic E-state index is 0.0865. The van der Waals surface area contributed by atoms with E-state index in [1.54, 1.807) is 0 Å². The van der Waals surface area contributed by atoms with Crippen molar-refractivity contribution in [2.24, 2.45) is 5.92 Å². The molecular weight excluding hydrogens is 200 g/mol. The maximum atomic E-state index is 10.3. The molecule has 14 heavy (non-hydrogen) atoms. The first kappa shape index (κ1) is 9.71. The quantitative estimate of drug-likeness (QED) is 0.712. The Labute approximate surface area is 86.4 Å². The fraction of sp³-hybridized carbons (Fsp3) is 0.667. The van der Waals surface area contributed by atoms with Crippen LogP contribution in [0.4, 0.5) is 0 Å². The lowest BCUT2D eigenvalue weighted by molar-refractivity contribution is 0.108. The van der Waals surface area contributed by atoms with Crippen molar-refractivity contribution in [1.82, 2.24) is 10.1 Å². The van der Waals surface area contributed by atoms with Crippen LogP contribution in [-0.4, -0.2) is 27.9 Å². The molecule has 1 aliphatic heterocycles. The van der Waals surface area contributed by atoms with Gasteiger partial charge >= 0.3 is 0 Å². The number of carbonyl (C=O) groups is 1. The summed E-state index contributed by atoms with van der Waals surface area (Å²) in [6.45, 7) is 0. The second-order valence-corrected chi connectivity index (χ2v) is 4.60. The molecular formula is C9H12N2O2S. The molecule has 1 unspecified atom stereocenters. The highest BCUT2D eigenvalue weighted by Crippen LogP contribution is 2.24. The second kappa shape index (κ2) is 4.59. The Balaban J connectivity index is 1.92. The molecule has 2 rings (SSSR count). The van der Waals surface area contributed by atoms with E-state index in [4.69, 9.17) is 4.52 Å². The number of carbonyl (C=O) groups excluding carboxylic acids is 1. The van der Waals surface area contributed by atoms with Crippen LogP contribution in [0.1, 0.15) is 29.4 Å². The summed E-state index contributed by atoms with van der Waals surface area (Å²) < 4.78 is 4.72. The molecule has 0 aliphatic carbocycles. The van der Waals surface area contributed by atoms with Crippen molar-refractivity contribution in [3.05, 3.63) is 11.7 Å². The maximum absolute atomic E-state index is 10.3. The number of aldehydes is 1. The summed E-state index contributed by atoms with van der Waals surface area (Å²) in [7, 11) is 0. The average Bonchev–Trinajstić information content (AvgIpc) is 2.67. The van der Waals surface area contributed by atoms with Gasteiger partial charge in [0.25, 0.3) is 5.89 Å². The third-order valence-corrected chi connectivity index (χ3v) is 3.59. The summed E-state index contributed by atoms with van der Waals surface area (Å²) >= 11 is 1.98. The lowest BCUT2D eigenvalue weighted by atomic mass is 10.0. The predicted molar refractivity (Wildman–Crippen MR) is 53.4 cm³/mol. The van der Waals surface area contributed by atoms with Gasteiger partial charge in [-0.2, -0.15) is 16.7 Å². The van der Waals surface area contributed by atoms with Crippen molar-refractivity contribution in [3.63, 3.8) is 0 Å². The van der Waals surface area contributed by atoms with Gasteiger partial charge < -0.3 is 4.52 Å². The van der Waals surface area contributed by atoms with Crippen LogP contribution in [-0.2, 0) is 6.42 Å². The molecule has 1 saturated heterocycles. The summed E-state index contributed by atoms with van der Waals surface area (Å²) in [4.78, 5) is 14.3. The van der Waals surface area contributed by atoms with E-state index in [-0.39, 0.29) is 5.89 Å². The summed E-state index contributed by atoms with van der Waals surface area (Å²) in [5.74, 6) is 3.83. The third-order valence-electron chi connectivity index (χ3n) is 2.31. The zero-order valence-electron chi connectivity index (χ0n) is 7.81. The van der Waals surface area contributed by atoms with Crippen LogP contribution >= 0.6 is 11.8 Å². The first-order valence-corrected chi connectivity index (χ1v) is 5.89. The van der Waals surface area contributed by atoms with Gasteiger partial charge in [0.05, 0.1) is 0 Å². The highest BCUT2D eigenvalue weighted by Gasteiger charge is 2.17. The Kier molecular flexibility index (Phi) is 3.18. The first-order valence-electron chi connectivity index (χ1n) is 4.74. The standard InChI is InChI=1S/C9H12N2O2S/c12-5-9-10-8(11-13-9)4-7-2-1-3-14-6-7/h5,7H,1-4,6H2. The molecule has 0 bridgehead atoms. The normalized spacial score (nSPS) is 22.1. The topological polar surface area (TPSA) is 56.0 Å². The highest BCUT2D eigenvalue weighted by molar-refractivity contribution is 7.99. The Morgan fingerprint density at radius 3 is 3.21 bits per heavy atom. The van der Waals surface area contributed by atoms with Gasteiger partial charge in [-0.1, -0.05) is 5.16 Å². The number of nitrogens with zero attached hydrogens (tertiary/aromatic N) is 2. The number of aromatic nitrogens is 2. The smallest absolute Gasteiger partial charge is 0.290 e. The predicted octanol–water partition coefficient (Wildman–Crippen LogP) is 1.57. The number of hydrogen-bond acceptors (Lipinski definition) is 5. The van der Waals surface area contributed by atoms with Gasteiger partial charge in [0.2, 0.25) is 6.29 Å². The maximum Gasteiger partial charge on any atom is 0.290 e. The van der Waals surface area contributed by atoms with E-state index in [1.807, 2.05) is 11.8 Å². The van der Waals surface area contributed by atoms with Gasteiger partial charge in [0, 0.05) is 6.42 Å². The van der Waals surface area contributed by atoms with Gasteiger partial charge in [0.15, 0.2) is 5.82 Å². The molecule has 0 N–H and O–H groups in total. The fourth-order valence-corrected chi connectivity index (χ4v) is 2.78. The van der Waals surface area contributed by atoms with Crippen molar-refractivity contribution in [2.45, 2.75) is 19.3 Å². The van der Waals surface area contributed by atoms with E-state index in [9.17, 15) is 4.79 Å². The van der Waals surface area contributed by atoms with Crippen LogP contribution in [0, 0.1) is 5.92 Å². The monoisotopic (exact) mass is 212 g/mol. The minimum atomic E-state index is 0.0865. The Morgan fingerprint density at radius 2 is 2.57 bits per heavy atom. The van der Waals surface area contributed by atoms with Crippen LogP contribution < -0.4 is 0 Å². The van der Waals surface area contributed by atoms with Gasteiger partial charge in [0.1, 0.15) is 0 Å². The zero-order valence-corrected chi connectivity index (χ0v) is 8.63. The number of rotatable bonds is 3. The molecule has 0 amide bonds. The number of hydrogen-bond donors (Lipinski definition) is 0. The largest absolute Gasteiger partial charge is 0.331 e. The molecule has 1 aromatic heterocycles. The fourth-order valence-electron chi connectivity index (χ4n) is 1.62. The molecule has 1 fully saturated rings. The number of thioether (sulfide) groups is 1. The summed E-state index contributed by atoms with van der Waals surface area (Å²) in [6.07, 6.45) is 3.93. The molecule has 1 atom stereocenters. The second-order valence-electron chi connectivity index (χ2n) is 3.45. The van der Waals surface area contributed by atoms with E-state index in [0.29, 0.717) is 18.0 Å². The molecule has 0 radical (unpaired) electrons. The Bertz CT molecular complexity index is 308. The first-order chi connectivity index (χ1) is 6.88. The Morgan fingerprint density at radius 1 is 1.64 bits per heavy atom. The van der Waals surface area contributed by atoms with Crippen molar-refractivity contribution in [2.75, 3.05) is 11.5 Å². The van der Waals surface area contributed by atoms with E-state index in [1.165, 1.54) is 24.3 Å². The zero-order chi connectivity index (χ0) is 9.80. The minimum Gasteiger partial charge on any atom is -0.331 e. The van der Waals surface area contributed by atoms with Crippen LogP contribution in [0.2, 0.25) is 0 Å². The molecule has 1 aliphatic rings. The molecule has 2 heterocycles. The van der Waals surface area contributed by atoms with Gasteiger partial charge in [-0.25, -0.2) is 0 Å². The van der Waals surface area contributed by atoms with Crippen LogP contribution in [0.25, 0.3) is 0 Å². The van der Waals surface area contributed by atoms with Crippen LogP contribution in [0.5, 0.6) is 0 Å². The van der Waals surface area contributed by atoms with Crippen LogP contribution in [0.3, 0.4) is 0 Å². The van der Waals surface area contributed by atoms with Crippen molar-refractivity contribution in [1.29, 1.82) is 0 Å². The molecule has 4 nitrogen and oxygen atoms in total. The molecule has 0 saturated carbocycles.